The average Bonchev–Trinajstić information content (AvgIpc) is 3.24. The molecule has 0 saturated carbocycles. The monoisotopic (exact) mass is 417 g/mol. The number of nitrogens with zero attached hydrogens (tertiary/aromatic N) is 2. The van der Waals surface area contributed by atoms with Gasteiger partial charge in [-0.1, -0.05) is 18.2 Å². The molecule has 1 N–H and O–H groups in total. The van der Waals surface area contributed by atoms with Gasteiger partial charge in [0.15, 0.2) is 0 Å². The van der Waals surface area contributed by atoms with Crippen LogP contribution in [0.3, 0.4) is 0 Å². The molecule has 0 radical (unpaired) electrons. The third kappa shape index (κ3) is 4.62. The Bertz CT molecular complexity index is 1010. The summed E-state index contributed by atoms with van der Waals surface area (Å²) in [5, 5.41) is 1.32. The first-order valence-corrected chi connectivity index (χ1v) is 11.6. The molecular formula is C26H31N3O2. The molecule has 2 fully saturated rings. The highest BCUT2D eigenvalue weighted by molar-refractivity contribution is 5.94. The van der Waals surface area contributed by atoms with Crippen molar-refractivity contribution in [3.8, 4) is 5.75 Å². The molecule has 3 aromatic rings. The highest BCUT2D eigenvalue weighted by Gasteiger charge is 2.22. The number of hydrogen-bond donors (Lipinski definition) is 1. The molecule has 2 saturated heterocycles. The van der Waals surface area contributed by atoms with Crippen molar-refractivity contribution in [3.05, 3.63) is 65.9 Å². The molecule has 5 rings (SSSR count). The largest absolute Gasteiger partial charge is 0.490 e. The minimum Gasteiger partial charge on any atom is -0.490 e. The van der Waals surface area contributed by atoms with Crippen LogP contribution >= 0.6 is 0 Å². The van der Waals surface area contributed by atoms with Gasteiger partial charge in [-0.25, -0.2) is 0 Å². The highest BCUT2D eigenvalue weighted by Crippen LogP contribution is 2.24. The number of ether oxygens (including phenoxy) is 1. The van der Waals surface area contributed by atoms with Gasteiger partial charge < -0.3 is 14.6 Å². The predicted molar refractivity (Wildman–Crippen MR) is 123 cm³/mol. The third-order valence-electron chi connectivity index (χ3n) is 6.65. The summed E-state index contributed by atoms with van der Waals surface area (Å²) in [5.41, 5.74) is 3.34. The fourth-order valence-corrected chi connectivity index (χ4v) is 4.84. The number of rotatable bonds is 5. The molecule has 2 aliphatic heterocycles. The number of likely N-dealkylation sites (tertiary alicyclic amines) is 2. The quantitative estimate of drug-likeness (QED) is 0.646. The Hall–Kier alpha value is -2.79. The maximum absolute atomic E-state index is 12.6. The number of piperidine rings is 2. The number of fused-ring (bicyclic) bond motifs is 1. The molecule has 5 nitrogen and oxygen atoms in total. The lowest BCUT2D eigenvalue weighted by molar-refractivity contribution is 0.0724. The molecule has 162 valence electrons. The first-order valence-electron chi connectivity index (χ1n) is 11.6. The summed E-state index contributed by atoms with van der Waals surface area (Å²) in [6.45, 7) is 4.82. The summed E-state index contributed by atoms with van der Waals surface area (Å²) in [5.74, 6) is 1.02. The van der Waals surface area contributed by atoms with Crippen LogP contribution in [0.5, 0.6) is 5.75 Å². The van der Waals surface area contributed by atoms with E-state index in [0.717, 1.165) is 69.7 Å². The molecule has 0 unspecified atom stereocenters. The Kier molecular flexibility index (Phi) is 5.94. The number of carbonyl (C=O) groups excluding carboxylic acids is 1. The number of aromatic amines is 1. The Labute approximate surface area is 184 Å². The molecule has 2 aliphatic rings. The smallest absolute Gasteiger partial charge is 0.253 e. The van der Waals surface area contributed by atoms with Gasteiger partial charge in [0.2, 0.25) is 0 Å². The van der Waals surface area contributed by atoms with Gasteiger partial charge in [-0.15, -0.1) is 0 Å². The van der Waals surface area contributed by atoms with Gasteiger partial charge in [0.05, 0.1) is 0 Å². The maximum Gasteiger partial charge on any atom is 0.253 e. The second kappa shape index (κ2) is 9.15. The van der Waals surface area contributed by atoms with Crippen molar-refractivity contribution in [2.45, 2.75) is 44.8 Å². The molecule has 31 heavy (non-hydrogen) atoms. The second-order valence-corrected chi connectivity index (χ2v) is 8.83. The first kappa shape index (κ1) is 20.1. The molecule has 3 heterocycles. The fraction of sp³-hybridized carbons (Fsp3) is 0.423. The van der Waals surface area contributed by atoms with Gasteiger partial charge in [-0.05, 0) is 68.0 Å². The molecule has 1 amide bonds. The zero-order valence-corrected chi connectivity index (χ0v) is 18.1. The van der Waals surface area contributed by atoms with Gasteiger partial charge in [-0.2, -0.15) is 0 Å². The van der Waals surface area contributed by atoms with E-state index < -0.39 is 0 Å². The van der Waals surface area contributed by atoms with Gasteiger partial charge in [-0.3, -0.25) is 9.69 Å². The van der Waals surface area contributed by atoms with E-state index in [4.69, 9.17) is 4.74 Å². The van der Waals surface area contributed by atoms with Crippen LogP contribution in [0.15, 0.2) is 54.7 Å². The third-order valence-corrected chi connectivity index (χ3v) is 6.65. The van der Waals surface area contributed by atoms with E-state index in [1.54, 1.807) is 0 Å². The van der Waals surface area contributed by atoms with Gasteiger partial charge in [0, 0.05) is 55.4 Å². The van der Waals surface area contributed by atoms with Crippen molar-refractivity contribution in [3.63, 3.8) is 0 Å². The van der Waals surface area contributed by atoms with E-state index in [0.29, 0.717) is 0 Å². The molecule has 0 spiro atoms. The molecule has 0 bridgehead atoms. The number of carbonyl (C=O) groups is 1. The van der Waals surface area contributed by atoms with Crippen LogP contribution in [0.4, 0.5) is 0 Å². The lowest BCUT2D eigenvalue weighted by atomic mass is 10.1. The van der Waals surface area contributed by atoms with Crippen molar-refractivity contribution >= 4 is 16.8 Å². The topological polar surface area (TPSA) is 48.6 Å². The Balaban J connectivity index is 1.12. The Morgan fingerprint density at radius 3 is 2.45 bits per heavy atom. The number of hydrogen-bond acceptors (Lipinski definition) is 3. The van der Waals surface area contributed by atoms with Crippen LogP contribution in [0.25, 0.3) is 10.9 Å². The van der Waals surface area contributed by atoms with Crippen LogP contribution in [-0.4, -0.2) is 53.0 Å². The van der Waals surface area contributed by atoms with Gasteiger partial charge >= 0.3 is 0 Å². The molecule has 0 aliphatic carbocycles. The fourth-order valence-electron chi connectivity index (χ4n) is 4.84. The van der Waals surface area contributed by atoms with Crippen molar-refractivity contribution in [1.29, 1.82) is 0 Å². The van der Waals surface area contributed by atoms with Crippen LogP contribution in [0.1, 0.15) is 48.0 Å². The zero-order chi connectivity index (χ0) is 21.0. The number of amides is 1. The summed E-state index contributed by atoms with van der Waals surface area (Å²) in [7, 11) is 0. The Morgan fingerprint density at radius 1 is 0.935 bits per heavy atom. The van der Waals surface area contributed by atoms with Crippen LogP contribution in [-0.2, 0) is 6.54 Å². The zero-order valence-electron chi connectivity index (χ0n) is 18.1. The summed E-state index contributed by atoms with van der Waals surface area (Å²) in [4.78, 5) is 20.5. The minimum absolute atomic E-state index is 0.150. The van der Waals surface area contributed by atoms with E-state index in [1.165, 1.54) is 22.9 Å². The van der Waals surface area contributed by atoms with Gasteiger partial charge in [0.1, 0.15) is 11.9 Å². The number of H-pyrrole nitrogens is 1. The summed E-state index contributed by atoms with van der Waals surface area (Å²) in [6.07, 6.45) is 7.89. The summed E-state index contributed by atoms with van der Waals surface area (Å²) >= 11 is 0. The van der Waals surface area contributed by atoms with E-state index in [2.05, 4.69) is 40.3 Å². The molecular weight excluding hydrogens is 386 g/mol. The lowest BCUT2D eigenvalue weighted by Crippen LogP contribution is -2.37. The molecule has 5 heteroatoms. The van der Waals surface area contributed by atoms with Gasteiger partial charge in [0.25, 0.3) is 5.91 Å². The van der Waals surface area contributed by atoms with Crippen LogP contribution < -0.4 is 4.74 Å². The van der Waals surface area contributed by atoms with Crippen LogP contribution in [0.2, 0.25) is 0 Å². The van der Waals surface area contributed by atoms with Crippen molar-refractivity contribution < 1.29 is 9.53 Å². The molecule has 0 atom stereocenters. The van der Waals surface area contributed by atoms with Crippen LogP contribution in [0, 0.1) is 0 Å². The summed E-state index contributed by atoms with van der Waals surface area (Å²) < 4.78 is 6.23. The second-order valence-electron chi connectivity index (χ2n) is 8.83. The van der Waals surface area contributed by atoms with E-state index in [1.807, 2.05) is 29.2 Å². The Morgan fingerprint density at radius 2 is 1.68 bits per heavy atom. The van der Waals surface area contributed by atoms with E-state index >= 15 is 0 Å². The minimum atomic E-state index is 0.150. The number of benzene rings is 2. The number of nitrogens with one attached hydrogen (secondary N) is 1. The lowest BCUT2D eigenvalue weighted by Gasteiger charge is -2.32. The van der Waals surface area contributed by atoms with E-state index in [9.17, 15) is 4.79 Å². The van der Waals surface area contributed by atoms with E-state index in [-0.39, 0.29) is 12.0 Å². The van der Waals surface area contributed by atoms with Crippen molar-refractivity contribution in [1.82, 2.24) is 14.8 Å². The number of aromatic nitrogens is 1. The first-order chi connectivity index (χ1) is 15.3. The standard InChI is InChI=1S/C26H31N3O2/c30-26(29-14-4-1-5-15-29)20-8-10-22(11-9-20)31-23-12-16-28(17-13-23)19-21-18-27-25-7-3-2-6-24(21)25/h2-3,6-11,18,23,27H,1,4-5,12-17,19H2. The number of para-hydroxylation sites is 1. The SMILES string of the molecule is O=C(c1ccc(OC2CCN(Cc3c[nH]c4ccccc34)CC2)cc1)N1CCCCC1. The summed E-state index contributed by atoms with van der Waals surface area (Å²) in [6, 6.07) is 16.2. The maximum atomic E-state index is 12.6. The average molecular weight is 418 g/mol. The molecule has 1 aromatic heterocycles. The molecule has 2 aromatic carbocycles. The van der Waals surface area contributed by atoms with Crippen molar-refractivity contribution in [2.24, 2.45) is 0 Å². The predicted octanol–water partition coefficient (Wildman–Crippen LogP) is 4.84. The highest BCUT2D eigenvalue weighted by atomic mass is 16.5. The normalized spacial score (nSPS) is 18.4. The van der Waals surface area contributed by atoms with Crippen molar-refractivity contribution in [2.75, 3.05) is 26.2 Å².